The van der Waals surface area contributed by atoms with Crippen LogP contribution in [0.1, 0.15) is 23.2 Å². The molecule has 17 heavy (non-hydrogen) atoms. The number of carbonyl (C=O) groups excluding carboxylic acids is 1. The fourth-order valence-corrected chi connectivity index (χ4v) is 1.28. The van der Waals surface area contributed by atoms with E-state index in [-0.39, 0.29) is 25.0 Å². The van der Waals surface area contributed by atoms with Crippen LogP contribution in [0.4, 0.5) is 13.2 Å². The van der Waals surface area contributed by atoms with Crippen molar-refractivity contribution in [3.05, 3.63) is 29.8 Å². The van der Waals surface area contributed by atoms with E-state index >= 15 is 0 Å². The summed E-state index contributed by atoms with van der Waals surface area (Å²) in [5, 5.41) is 8.55. The van der Waals surface area contributed by atoms with E-state index in [1.165, 1.54) is 18.2 Å². The Morgan fingerprint density at radius 3 is 2.53 bits per heavy atom. The van der Waals surface area contributed by atoms with Crippen molar-refractivity contribution in [2.24, 2.45) is 0 Å². The molecule has 0 aromatic heterocycles. The molecular formula is C11H11F3O3. The van der Waals surface area contributed by atoms with E-state index in [1.54, 1.807) is 0 Å². The van der Waals surface area contributed by atoms with Crippen molar-refractivity contribution in [2.45, 2.75) is 19.2 Å². The number of para-hydroxylation sites is 1. The molecular weight excluding hydrogens is 237 g/mol. The molecule has 0 aliphatic rings. The number of Topliss-reactive ketones (excluding diaryl/α,β-unsaturated/α-hetero) is 1. The molecule has 0 bridgehead atoms. The van der Waals surface area contributed by atoms with E-state index in [9.17, 15) is 18.0 Å². The third-order valence-corrected chi connectivity index (χ3v) is 1.98. The van der Waals surface area contributed by atoms with E-state index in [0.717, 1.165) is 6.07 Å². The third kappa shape index (κ3) is 4.44. The zero-order chi connectivity index (χ0) is 12.9. The standard InChI is InChI=1S/C11H11F3O3/c12-11(13,14)17-10-6-2-1-4-8(10)9(16)5-3-7-15/h1-2,4,6,15H,3,5,7H2. The quantitative estimate of drug-likeness (QED) is 0.814. The van der Waals surface area contributed by atoms with Crippen LogP contribution < -0.4 is 4.74 Å². The van der Waals surface area contributed by atoms with Crippen molar-refractivity contribution < 1.29 is 27.8 Å². The summed E-state index contributed by atoms with van der Waals surface area (Å²) in [6.45, 7) is -0.186. The SMILES string of the molecule is O=C(CCCO)c1ccccc1OC(F)(F)F. The van der Waals surface area contributed by atoms with Gasteiger partial charge in [0.25, 0.3) is 0 Å². The highest BCUT2D eigenvalue weighted by molar-refractivity contribution is 5.98. The van der Waals surface area contributed by atoms with Gasteiger partial charge in [-0.05, 0) is 18.6 Å². The van der Waals surface area contributed by atoms with Gasteiger partial charge in [-0.1, -0.05) is 12.1 Å². The van der Waals surface area contributed by atoms with Crippen LogP contribution in [-0.4, -0.2) is 23.9 Å². The van der Waals surface area contributed by atoms with Crippen LogP contribution in [0, 0.1) is 0 Å². The highest BCUT2D eigenvalue weighted by Crippen LogP contribution is 2.27. The van der Waals surface area contributed by atoms with Crippen LogP contribution in [0.15, 0.2) is 24.3 Å². The van der Waals surface area contributed by atoms with Gasteiger partial charge in [-0.2, -0.15) is 0 Å². The molecule has 0 fully saturated rings. The minimum atomic E-state index is -4.83. The lowest BCUT2D eigenvalue weighted by molar-refractivity contribution is -0.274. The number of ketones is 1. The van der Waals surface area contributed by atoms with Gasteiger partial charge in [-0.3, -0.25) is 4.79 Å². The minimum Gasteiger partial charge on any atom is -0.405 e. The van der Waals surface area contributed by atoms with Crippen molar-refractivity contribution in [2.75, 3.05) is 6.61 Å². The Morgan fingerprint density at radius 2 is 1.94 bits per heavy atom. The van der Waals surface area contributed by atoms with Crippen LogP contribution in [-0.2, 0) is 0 Å². The first-order valence-corrected chi connectivity index (χ1v) is 4.93. The average Bonchev–Trinajstić information content (AvgIpc) is 2.24. The van der Waals surface area contributed by atoms with Crippen molar-refractivity contribution in [3.8, 4) is 5.75 Å². The maximum Gasteiger partial charge on any atom is 0.573 e. The number of hydrogen-bond acceptors (Lipinski definition) is 3. The third-order valence-electron chi connectivity index (χ3n) is 1.98. The van der Waals surface area contributed by atoms with Crippen LogP contribution in [0.3, 0.4) is 0 Å². The number of aliphatic hydroxyl groups is 1. The van der Waals surface area contributed by atoms with Crippen LogP contribution >= 0.6 is 0 Å². The predicted molar refractivity (Wildman–Crippen MR) is 53.8 cm³/mol. The number of hydrogen-bond donors (Lipinski definition) is 1. The van der Waals surface area contributed by atoms with Gasteiger partial charge in [0.05, 0.1) is 5.56 Å². The Kier molecular flexibility index (Phi) is 4.51. The summed E-state index contributed by atoms with van der Waals surface area (Å²) >= 11 is 0. The molecule has 1 aromatic rings. The highest BCUT2D eigenvalue weighted by Gasteiger charge is 2.32. The molecule has 1 rings (SSSR count). The van der Waals surface area contributed by atoms with Gasteiger partial charge < -0.3 is 9.84 Å². The predicted octanol–water partition coefficient (Wildman–Crippen LogP) is 2.54. The molecule has 0 atom stereocenters. The first-order chi connectivity index (χ1) is 7.94. The normalized spacial score (nSPS) is 11.3. The summed E-state index contributed by atoms with van der Waals surface area (Å²) in [5.41, 5.74) is -0.127. The molecule has 1 N–H and O–H groups in total. The first kappa shape index (κ1) is 13.5. The number of alkyl halides is 3. The molecule has 0 aliphatic carbocycles. The summed E-state index contributed by atoms with van der Waals surface area (Å²) < 4.78 is 39.9. The van der Waals surface area contributed by atoms with Crippen LogP contribution in [0.5, 0.6) is 5.75 Å². The zero-order valence-corrected chi connectivity index (χ0v) is 8.83. The minimum absolute atomic E-state index is 0.0191. The van der Waals surface area contributed by atoms with E-state index in [4.69, 9.17) is 5.11 Å². The van der Waals surface area contributed by atoms with Crippen LogP contribution in [0.2, 0.25) is 0 Å². The molecule has 94 valence electrons. The number of benzene rings is 1. The van der Waals surface area contributed by atoms with Gasteiger partial charge in [0.15, 0.2) is 5.78 Å². The first-order valence-electron chi connectivity index (χ1n) is 4.93. The Balaban J connectivity index is 2.88. The fraction of sp³-hybridized carbons (Fsp3) is 0.364. The number of aliphatic hydroxyl groups excluding tert-OH is 1. The van der Waals surface area contributed by atoms with Crippen molar-refractivity contribution >= 4 is 5.78 Å². The molecule has 1 aromatic carbocycles. The largest absolute Gasteiger partial charge is 0.573 e. The highest BCUT2D eigenvalue weighted by atomic mass is 19.4. The number of halogens is 3. The Morgan fingerprint density at radius 1 is 1.29 bits per heavy atom. The van der Waals surface area contributed by atoms with Gasteiger partial charge in [0, 0.05) is 13.0 Å². The van der Waals surface area contributed by atoms with Gasteiger partial charge in [-0.25, -0.2) is 0 Å². The van der Waals surface area contributed by atoms with Crippen LogP contribution in [0.25, 0.3) is 0 Å². The topological polar surface area (TPSA) is 46.5 Å². The van der Waals surface area contributed by atoms with Crippen molar-refractivity contribution in [3.63, 3.8) is 0 Å². The molecule has 0 aliphatic heterocycles. The van der Waals surface area contributed by atoms with E-state index < -0.39 is 17.9 Å². The van der Waals surface area contributed by atoms with Gasteiger partial charge in [-0.15, -0.1) is 13.2 Å². The fourth-order valence-electron chi connectivity index (χ4n) is 1.28. The second kappa shape index (κ2) is 5.67. The van der Waals surface area contributed by atoms with E-state index in [2.05, 4.69) is 4.74 Å². The van der Waals surface area contributed by atoms with E-state index in [0.29, 0.717) is 0 Å². The lowest BCUT2D eigenvalue weighted by Gasteiger charge is -2.12. The zero-order valence-electron chi connectivity index (χ0n) is 8.83. The molecule has 0 unspecified atom stereocenters. The molecule has 6 heteroatoms. The lowest BCUT2D eigenvalue weighted by Crippen LogP contribution is -2.19. The lowest BCUT2D eigenvalue weighted by atomic mass is 10.1. The second-order valence-electron chi connectivity index (χ2n) is 3.29. The monoisotopic (exact) mass is 248 g/mol. The molecule has 0 spiro atoms. The number of rotatable bonds is 5. The van der Waals surface area contributed by atoms with Gasteiger partial charge in [0.2, 0.25) is 0 Å². The van der Waals surface area contributed by atoms with Gasteiger partial charge in [0.1, 0.15) is 5.75 Å². The van der Waals surface area contributed by atoms with Gasteiger partial charge >= 0.3 is 6.36 Å². The smallest absolute Gasteiger partial charge is 0.405 e. The number of carbonyl (C=O) groups is 1. The average molecular weight is 248 g/mol. The number of ether oxygens (including phenoxy) is 1. The summed E-state index contributed by atoms with van der Waals surface area (Å²) in [7, 11) is 0. The molecule has 3 nitrogen and oxygen atoms in total. The maximum absolute atomic E-state index is 12.1. The molecule has 0 saturated heterocycles. The Hall–Kier alpha value is -1.56. The molecule has 0 heterocycles. The summed E-state index contributed by atoms with van der Waals surface area (Å²) in [4.78, 5) is 11.6. The summed E-state index contributed by atoms with van der Waals surface area (Å²) in [6, 6.07) is 5.15. The van der Waals surface area contributed by atoms with Crippen molar-refractivity contribution in [1.29, 1.82) is 0 Å². The molecule has 0 amide bonds. The van der Waals surface area contributed by atoms with E-state index in [1.807, 2.05) is 0 Å². The maximum atomic E-state index is 12.1. The second-order valence-corrected chi connectivity index (χ2v) is 3.29. The molecule has 0 saturated carbocycles. The van der Waals surface area contributed by atoms with Crippen molar-refractivity contribution in [1.82, 2.24) is 0 Å². The Bertz CT molecular complexity index is 388. The summed E-state index contributed by atoms with van der Waals surface area (Å²) in [6.07, 6.45) is -4.64. The Labute approximate surface area is 95.8 Å². The molecule has 0 radical (unpaired) electrons. The summed E-state index contributed by atoms with van der Waals surface area (Å²) in [5.74, 6) is -0.998.